The molecule has 0 aromatic rings. The van der Waals surface area contributed by atoms with Gasteiger partial charge in [0, 0.05) is 6.54 Å². The zero-order chi connectivity index (χ0) is 13.6. The molecule has 104 valence electrons. The summed E-state index contributed by atoms with van der Waals surface area (Å²) in [7, 11) is 0. The van der Waals surface area contributed by atoms with Crippen LogP contribution in [0.3, 0.4) is 0 Å². The molecule has 1 spiro atoms. The quantitative estimate of drug-likeness (QED) is 0.819. The minimum atomic E-state index is 0.186. The summed E-state index contributed by atoms with van der Waals surface area (Å²) in [4.78, 5) is 6.96. The molecule has 0 aromatic carbocycles. The molecule has 1 saturated carbocycles. The van der Waals surface area contributed by atoms with E-state index in [0.717, 1.165) is 25.5 Å². The van der Waals surface area contributed by atoms with Gasteiger partial charge in [-0.2, -0.15) is 0 Å². The van der Waals surface area contributed by atoms with Crippen molar-refractivity contribution in [1.29, 1.82) is 0 Å². The number of rotatable bonds is 2. The second kappa shape index (κ2) is 4.14. The summed E-state index contributed by atoms with van der Waals surface area (Å²) < 4.78 is 0. The highest BCUT2D eigenvalue weighted by Gasteiger charge is 2.52. The molecule has 0 aromatic heterocycles. The van der Waals surface area contributed by atoms with Gasteiger partial charge in [-0.25, -0.2) is 0 Å². The SMILES string of the molecule is CCCN1C(N)=NCC12CC(C)(C)CC(C)(C)C2. The summed E-state index contributed by atoms with van der Waals surface area (Å²) in [6, 6.07) is 0. The third-order valence-corrected chi connectivity index (χ3v) is 4.40. The molecule has 0 unspecified atom stereocenters. The molecule has 2 rings (SSSR count). The van der Waals surface area contributed by atoms with E-state index in [4.69, 9.17) is 5.73 Å². The van der Waals surface area contributed by atoms with Crippen LogP contribution >= 0.6 is 0 Å². The van der Waals surface area contributed by atoms with Crippen LogP contribution in [-0.4, -0.2) is 29.5 Å². The van der Waals surface area contributed by atoms with E-state index >= 15 is 0 Å². The molecule has 1 aliphatic heterocycles. The van der Waals surface area contributed by atoms with Crippen molar-refractivity contribution < 1.29 is 0 Å². The van der Waals surface area contributed by atoms with Crippen molar-refractivity contribution in [2.75, 3.05) is 13.1 Å². The van der Waals surface area contributed by atoms with E-state index in [9.17, 15) is 0 Å². The first kappa shape index (κ1) is 13.7. The van der Waals surface area contributed by atoms with Crippen molar-refractivity contribution in [3.8, 4) is 0 Å². The Labute approximate surface area is 112 Å². The molecule has 2 aliphatic rings. The van der Waals surface area contributed by atoms with E-state index in [1.54, 1.807) is 0 Å². The molecule has 0 saturated heterocycles. The molecule has 18 heavy (non-hydrogen) atoms. The second-order valence-electron chi connectivity index (χ2n) is 7.91. The molecule has 3 nitrogen and oxygen atoms in total. The zero-order valence-corrected chi connectivity index (χ0v) is 12.7. The number of nitrogens with zero attached hydrogens (tertiary/aromatic N) is 2. The fourth-order valence-corrected chi connectivity index (χ4v) is 4.78. The fraction of sp³-hybridized carbons (Fsp3) is 0.933. The highest BCUT2D eigenvalue weighted by molar-refractivity contribution is 5.81. The second-order valence-corrected chi connectivity index (χ2v) is 7.91. The highest BCUT2D eigenvalue weighted by atomic mass is 15.4. The average Bonchev–Trinajstić information content (AvgIpc) is 2.42. The molecule has 1 fully saturated rings. The first-order valence-electron chi connectivity index (χ1n) is 7.27. The Hall–Kier alpha value is -0.730. The molecular formula is C15H29N3. The van der Waals surface area contributed by atoms with Crippen LogP contribution in [0, 0.1) is 10.8 Å². The lowest BCUT2D eigenvalue weighted by Crippen LogP contribution is -2.58. The van der Waals surface area contributed by atoms with Crippen LogP contribution in [0.25, 0.3) is 0 Å². The monoisotopic (exact) mass is 251 g/mol. The van der Waals surface area contributed by atoms with Gasteiger partial charge in [-0.15, -0.1) is 0 Å². The maximum Gasteiger partial charge on any atom is 0.191 e. The van der Waals surface area contributed by atoms with Gasteiger partial charge in [-0.3, -0.25) is 4.99 Å². The van der Waals surface area contributed by atoms with Crippen LogP contribution in [0.15, 0.2) is 4.99 Å². The van der Waals surface area contributed by atoms with Gasteiger partial charge in [0.25, 0.3) is 0 Å². The number of hydrogen-bond acceptors (Lipinski definition) is 3. The summed E-state index contributed by atoms with van der Waals surface area (Å²) in [5.74, 6) is 0.769. The van der Waals surface area contributed by atoms with Gasteiger partial charge in [-0.05, 0) is 36.5 Å². The van der Waals surface area contributed by atoms with Gasteiger partial charge in [0.1, 0.15) is 0 Å². The lowest BCUT2D eigenvalue weighted by atomic mass is 9.58. The topological polar surface area (TPSA) is 41.6 Å². The summed E-state index contributed by atoms with van der Waals surface area (Å²) in [5, 5.41) is 0. The summed E-state index contributed by atoms with van der Waals surface area (Å²) in [6.07, 6.45) is 4.86. The van der Waals surface area contributed by atoms with Crippen molar-refractivity contribution in [1.82, 2.24) is 4.90 Å². The van der Waals surface area contributed by atoms with Crippen LogP contribution < -0.4 is 5.73 Å². The first-order chi connectivity index (χ1) is 8.20. The van der Waals surface area contributed by atoms with Gasteiger partial charge < -0.3 is 10.6 Å². The van der Waals surface area contributed by atoms with E-state index < -0.39 is 0 Å². The minimum absolute atomic E-state index is 0.186. The predicted molar refractivity (Wildman–Crippen MR) is 77.6 cm³/mol. The molecule has 3 heteroatoms. The Bertz CT molecular complexity index is 339. The normalized spacial score (nSPS) is 28.5. The van der Waals surface area contributed by atoms with Crippen LogP contribution in [0.1, 0.15) is 60.3 Å². The van der Waals surface area contributed by atoms with Gasteiger partial charge in [-0.1, -0.05) is 34.6 Å². The van der Waals surface area contributed by atoms with Gasteiger partial charge >= 0.3 is 0 Å². The summed E-state index contributed by atoms with van der Waals surface area (Å²) >= 11 is 0. The molecule has 0 atom stereocenters. The van der Waals surface area contributed by atoms with Crippen molar-refractivity contribution in [3.63, 3.8) is 0 Å². The first-order valence-corrected chi connectivity index (χ1v) is 7.27. The molecular weight excluding hydrogens is 222 g/mol. The zero-order valence-electron chi connectivity index (χ0n) is 12.7. The Kier molecular flexibility index (Phi) is 3.15. The van der Waals surface area contributed by atoms with Crippen molar-refractivity contribution in [2.45, 2.75) is 65.8 Å². The predicted octanol–water partition coefficient (Wildman–Crippen LogP) is 3.00. The standard InChI is InChI=1S/C15H29N3/c1-6-7-18-12(16)17-11-15(18)9-13(2,3)8-14(4,5)10-15/h6-11H2,1-5H3,(H2,16,17). The van der Waals surface area contributed by atoms with Gasteiger partial charge in [0.05, 0.1) is 12.1 Å². The Morgan fingerprint density at radius 2 is 1.67 bits per heavy atom. The van der Waals surface area contributed by atoms with Gasteiger partial charge in [0.15, 0.2) is 5.96 Å². The number of nitrogens with two attached hydrogens (primary N) is 1. The van der Waals surface area contributed by atoms with Crippen LogP contribution in [-0.2, 0) is 0 Å². The molecule has 0 amide bonds. The van der Waals surface area contributed by atoms with Gasteiger partial charge in [0.2, 0.25) is 0 Å². The van der Waals surface area contributed by atoms with E-state index in [2.05, 4.69) is 44.5 Å². The Balaban J connectivity index is 2.30. The molecule has 1 heterocycles. The minimum Gasteiger partial charge on any atom is -0.370 e. The highest BCUT2D eigenvalue weighted by Crippen LogP contribution is 2.53. The lowest BCUT2D eigenvalue weighted by Gasteiger charge is -2.54. The van der Waals surface area contributed by atoms with Crippen molar-refractivity contribution >= 4 is 5.96 Å². The Morgan fingerprint density at radius 1 is 1.11 bits per heavy atom. The van der Waals surface area contributed by atoms with Crippen LogP contribution in [0.2, 0.25) is 0 Å². The number of guanidine groups is 1. The van der Waals surface area contributed by atoms with E-state index in [1.165, 1.54) is 19.3 Å². The maximum absolute atomic E-state index is 6.12. The van der Waals surface area contributed by atoms with E-state index in [1.807, 2.05) is 0 Å². The third kappa shape index (κ3) is 2.36. The largest absolute Gasteiger partial charge is 0.370 e. The molecule has 1 aliphatic carbocycles. The number of hydrogen-bond donors (Lipinski definition) is 1. The average molecular weight is 251 g/mol. The van der Waals surface area contributed by atoms with E-state index in [0.29, 0.717) is 10.8 Å². The third-order valence-electron chi connectivity index (χ3n) is 4.40. The van der Waals surface area contributed by atoms with Crippen molar-refractivity contribution in [2.24, 2.45) is 21.6 Å². The molecule has 0 bridgehead atoms. The molecule has 2 N–H and O–H groups in total. The Morgan fingerprint density at radius 3 is 2.17 bits per heavy atom. The van der Waals surface area contributed by atoms with Crippen molar-refractivity contribution in [3.05, 3.63) is 0 Å². The maximum atomic E-state index is 6.12. The summed E-state index contributed by atoms with van der Waals surface area (Å²) in [5.41, 5.74) is 7.08. The van der Waals surface area contributed by atoms with E-state index in [-0.39, 0.29) is 5.54 Å². The fourth-order valence-electron chi connectivity index (χ4n) is 4.78. The van der Waals surface area contributed by atoms with Crippen LogP contribution in [0.4, 0.5) is 0 Å². The van der Waals surface area contributed by atoms with Crippen LogP contribution in [0.5, 0.6) is 0 Å². The summed E-state index contributed by atoms with van der Waals surface area (Å²) in [6.45, 7) is 13.7. The molecule has 0 radical (unpaired) electrons. The lowest BCUT2D eigenvalue weighted by molar-refractivity contribution is -0.00472. The smallest absolute Gasteiger partial charge is 0.191 e. The number of aliphatic imine (C=N–C) groups is 1.